The van der Waals surface area contributed by atoms with E-state index in [4.69, 9.17) is 0 Å². The van der Waals surface area contributed by atoms with E-state index in [1.807, 2.05) is 0 Å². The summed E-state index contributed by atoms with van der Waals surface area (Å²) in [6, 6.07) is 4.92. The molecule has 1 heterocycles. The third-order valence-electron chi connectivity index (χ3n) is 1.71. The molecule has 13 heavy (non-hydrogen) atoms. The van der Waals surface area contributed by atoms with E-state index < -0.39 is 0 Å². The lowest BCUT2D eigenvalue weighted by molar-refractivity contribution is 0.606. The first-order valence-corrected chi connectivity index (χ1v) is 4.49. The maximum atomic E-state index is 13.3. The van der Waals surface area contributed by atoms with Gasteiger partial charge < -0.3 is 10.9 Å². The van der Waals surface area contributed by atoms with Crippen LogP contribution in [0.15, 0.2) is 28.9 Å². The second kappa shape index (κ2) is 3.35. The average Bonchev–Trinajstić information content (AvgIpc) is 2.56. The molecule has 1 aromatic carbocycles. The molecule has 0 aromatic heterocycles. The molecule has 0 saturated heterocycles. The fourth-order valence-corrected chi connectivity index (χ4v) is 1.43. The first kappa shape index (κ1) is 8.52. The third kappa shape index (κ3) is 1.66. The zero-order chi connectivity index (χ0) is 9.26. The average molecular weight is 244 g/mol. The van der Waals surface area contributed by atoms with E-state index in [2.05, 4.69) is 32.3 Å². The Morgan fingerprint density at radius 3 is 2.77 bits per heavy atom. The van der Waals surface area contributed by atoms with Crippen LogP contribution >= 0.6 is 15.9 Å². The Hall–Kier alpha value is -1.07. The minimum atomic E-state index is -0.265. The Labute approximate surface area is 83.1 Å². The molecule has 0 spiro atoms. The van der Waals surface area contributed by atoms with Gasteiger partial charge in [-0.2, -0.15) is 5.53 Å². The summed E-state index contributed by atoms with van der Waals surface area (Å²) in [5.74, 6) is -0.265. The van der Waals surface area contributed by atoms with Gasteiger partial charge in [-0.05, 0) is 18.2 Å². The SMILES string of the molecule is Fc1cc(Br)ccc1C1=CNNN1. The molecule has 68 valence electrons. The van der Waals surface area contributed by atoms with E-state index in [-0.39, 0.29) is 5.82 Å². The van der Waals surface area contributed by atoms with E-state index in [9.17, 15) is 4.39 Å². The zero-order valence-corrected chi connectivity index (χ0v) is 8.15. The molecule has 0 saturated carbocycles. The zero-order valence-electron chi connectivity index (χ0n) is 6.57. The van der Waals surface area contributed by atoms with Gasteiger partial charge in [0.1, 0.15) is 5.82 Å². The summed E-state index contributed by atoms with van der Waals surface area (Å²) >= 11 is 3.19. The summed E-state index contributed by atoms with van der Waals surface area (Å²) in [5.41, 5.74) is 9.34. The quantitative estimate of drug-likeness (QED) is 0.700. The lowest BCUT2D eigenvalue weighted by atomic mass is 10.1. The van der Waals surface area contributed by atoms with Gasteiger partial charge in [-0.1, -0.05) is 15.9 Å². The van der Waals surface area contributed by atoms with Crippen molar-refractivity contribution in [3.63, 3.8) is 0 Å². The molecule has 1 aliphatic rings. The fraction of sp³-hybridized carbons (Fsp3) is 0. The smallest absolute Gasteiger partial charge is 0.133 e. The van der Waals surface area contributed by atoms with Crippen molar-refractivity contribution in [3.05, 3.63) is 40.3 Å². The Kier molecular flexibility index (Phi) is 2.20. The van der Waals surface area contributed by atoms with E-state index in [0.29, 0.717) is 11.3 Å². The van der Waals surface area contributed by atoms with Crippen molar-refractivity contribution < 1.29 is 4.39 Å². The maximum Gasteiger partial charge on any atom is 0.133 e. The fourth-order valence-electron chi connectivity index (χ4n) is 1.10. The van der Waals surface area contributed by atoms with E-state index in [1.54, 1.807) is 18.3 Å². The normalized spacial score (nSPS) is 14.8. The lowest BCUT2D eigenvalue weighted by Crippen LogP contribution is -2.31. The van der Waals surface area contributed by atoms with Gasteiger partial charge in [0.2, 0.25) is 0 Å². The highest BCUT2D eigenvalue weighted by atomic mass is 79.9. The van der Waals surface area contributed by atoms with Crippen LogP contribution in [-0.2, 0) is 0 Å². The van der Waals surface area contributed by atoms with Crippen LogP contribution in [-0.4, -0.2) is 0 Å². The minimum Gasteiger partial charge on any atom is -0.309 e. The minimum absolute atomic E-state index is 0.265. The van der Waals surface area contributed by atoms with Gasteiger partial charge in [0.25, 0.3) is 0 Å². The molecule has 2 rings (SSSR count). The summed E-state index contributed by atoms with van der Waals surface area (Å²) < 4.78 is 14.1. The van der Waals surface area contributed by atoms with Crippen molar-refractivity contribution in [2.24, 2.45) is 0 Å². The van der Waals surface area contributed by atoms with Crippen molar-refractivity contribution >= 4 is 21.6 Å². The molecule has 0 radical (unpaired) electrons. The van der Waals surface area contributed by atoms with Gasteiger partial charge in [-0.15, -0.1) is 0 Å². The molecular formula is C8H7BrFN3. The number of hydrogen-bond acceptors (Lipinski definition) is 3. The molecule has 3 N–H and O–H groups in total. The topological polar surface area (TPSA) is 36.1 Å². The maximum absolute atomic E-state index is 13.3. The number of hydrogen-bond donors (Lipinski definition) is 3. The summed E-state index contributed by atoms with van der Waals surface area (Å²) in [4.78, 5) is 0. The Balaban J connectivity index is 2.40. The Morgan fingerprint density at radius 1 is 1.31 bits per heavy atom. The molecule has 0 atom stereocenters. The number of nitrogens with one attached hydrogen (secondary N) is 3. The van der Waals surface area contributed by atoms with Crippen LogP contribution in [0.3, 0.4) is 0 Å². The van der Waals surface area contributed by atoms with Crippen molar-refractivity contribution in [3.8, 4) is 0 Å². The third-order valence-corrected chi connectivity index (χ3v) is 2.20. The second-order valence-corrected chi connectivity index (χ2v) is 3.49. The van der Waals surface area contributed by atoms with Crippen LogP contribution in [0, 0.1) is 5.82 Å². The van der Waals surface area contributed by atoms with E-state index in [0.717, 1.165) is 4.47 Å². The van der Waals surface area contributed by atoms with Crippen LogP contribution in [0.1, 0.15) is 5.56 Å². The van der Waals surface area contributed by atoms with Crippen molar-refractivity contribution in [1.29, 1.82) is 0 Å². The molecule has 0 aliphatic carbocycles. The highest BCUT2D eigenvalue weighted by Crippen LogP contribution is 2.20. The predicted octanol–water partition coefficient (Wildman–Crippen LogP) is 1.50. The highest BCUT2D eigenvalue weighted by molar-refractivity contribution is 9.10. The molecule has 3 nitrogen and oxygen atoms in total. The summed E-state index contributed by atoms with van der Waals surface area (Å²) in [7, 11) is 0. The van der Waals surface area contributed by atoms with Gasteiger partial charge in [0.15, 0.2) is 0 Å². The molecular weight excluding hydrogens is 237 g/mol. The number of hydrazine groups is 2. The molecule has 0 bridgehead atoms. The largest absolute Gasteiger partial charge is 0.309 e. The summed E-state index contributed by atoms with van der Waals surface area (Å²) in [6.45, 7) is 0. The highest BCUT2D eigenvalue weighted by Gasteiger charge is 2.10. The van der Waals surface area contributed by atoms with Gasteiger partial charge in [-0.3, -0.25) is 0 Å². The molecule has 1 aromatic rings. The first-order valence-electron chi connectivity index (χ1n) is 3.69. The van der Waals surface area contributed by atoms with Crippen LogP contribution in [0.2, 0.25) is 0 Å². The van der Waals surface area contributed by atoms with E-state index in [1.165, 1.54) is 6.07 Å². The van der Waals surface area contributed by atoms with Crippen LogP contribution in [0.5, 0.6) is 0 Å². The monoisotopic (exact) mass is 243 g/mol. The molecule has 1 aliphatic heterocycles. The predicted molar refractivity (Wildman–Crippen MR) is 51.5 cm³/mol. The van der Waals surface area contributed by atoms with E-state index >= 15 is 0 Å². The number of halogens is 2. The van der Waals surface area contributed by atoms with Crippen molar-refractivity contribution in [2.45, 2.75) is 0 Å². The Bertz CT molecular complexity index is 364. The van der Waals surface area contributed by atoms with Gasteiger partial charge in [0, 0.05) is 16.2 Å². The number of rotatable bonds is 1. The van der Waals surface area contributed by atoms with Gasteiger partial charge in [0.05, 0.1) is 5.70 Å². The number of benzene rings is 1. The lowest BCUT2D eigenvalue weighted by Gasteiger charge is -2.04. The van der Waals surface area contributed by atoms with Crippen molar-refractivity contribution in [2.75, 3.05) is 0 Å². The molecule has 0 unspecified atom stereocenters. The molecule has 5 heteroatoms. The standard InChI is InChI=1S/C8H7BrFN3/c9-5-1-2-6(7(10)3-5)8-4-11-13-12-8/h1-4,11-13H. The molecule has 0 fully saturated rings. The molecule has 0 amide bonds. The summed E-state index contributed by atoms with van der Waals surface area (Å²) in [6.07, 6.45) is 1.66. The van der Waals surface area contributed by atoms with Crippen LogP contribution in [0.25, 0.3) is 5.70 Å². The van der Waals surface area contributed by atoms with Crippen LogP contribution < -0.4 is 16.4 Å². The first-order chi connectivity index (χ1) is 6.27. The van der Waals surface area contributed by atoms with Gasteiger partial charge in [-0.25, -0.2) is 4.39 Å². The van der Waals surface area contributed by atoms with Gasteiger partial charge >= 0.3 is 0 Å². The van der Waals surface area contributed by atoms with Crippen LogP contribution in [0.4, 0.5) is 4.39 Å². The Morgan fingerprint density at radius 2 is 2.15 bits per heavy atom. The second-order valence-electron chi connectivity index (χ2n) is 2.58. The van der Waals surface area contributed by atoms with Crippen molar-refractivity contribution in [1.82, 2.24) is 16.4 Å². The summed E-state index contributed by atoms with van der Waals surface area (Å²) in [5, 5.41) is 0.